The van der Waals surface area contributed by atoms with E-state index in [-0.39, 0.29) is 11.3 Å². The first-order valence-electron chi connectivity index (χ1n) is 5.36. The highest BCUT2D eigenvalue weighted by Gasteiger charge is 2.24. The molecule has 0 aliphatic rings. The van der Waals surface area contributed by atoms with Crippen LogP contribution in [-0.2, 0) is 14.8 Å². The zero-order valence-corrected chi connectivity index (χ0v) is 13.4. The van der Waals surface area contributed by atoms with E-state index in [0.29, 0.717) is 10.2 Å². The van der Waals surface area contributed by atoms with Crippen LogP contribution in [0.5, 0.6) is 0 Å². The molecule has 1 aromatic rings. The number of benzene rings is 1. The molecule has 0 saturated carbocycles. The van der Waals surface area contributed by atoms with Crippen LogP contribution in [0.3, 0.4) is 0 Å². The minimum absolute atomic E-state index is 0.0391. The summed E-state index contributed by atoms with van der Waals surface area (Å²) in [6.45, 7) is 0. The lowest BCUT2D eigenvalue weighted by molar-refractivity contribution is -0.139. The second kappa shape index (κ2) is 7.28. The third-order valence-corrected chi connectivity index (χ3v) is 4.92. The molecule has 8 heteroatoms. The SMILES string of the molecule is CSCCC(NS(=O)(=O)c1cccc(Br)c1)C(=O)O. The molecule has 1 aromatic carbocycles. The Labute approximate surface area is 125 Å². The fraction of sp³-hybridized carbons (Fsp3) is 0.364. The number of carboxylic acid groups (broad SMARTS) is 1. The number of thioether (sulfide) groups is 1. The van der Waals surface area contributed by atoms with Crippen molar-refractivity contribution in [3.05, 3.63) is 28.7 Å². The molecule has 19 heavy (non-hydrogen) atoms. The predicted octanol–water partition coefficient (Wildman–Crippen LogP) is 1.93. The van der Waals surface area contributed by atoms with E-state index in [1.807, 2.05) is 6.26 Å². The highest BCUT2D eigenvalue weighted by molar-refractivity contribution is 9.10. The zero-order chi connectivity index (χ0) is 14.5. The molecule has 0 saturated heterocycles. The van der Waals surface area contributed by atoms with Crippen LogP contribution in [-0.4, -0.2) is 37.5 Å². The van der Waals surface area contributed by atoms with Crippen LogP contribution in [0.15, 0.2) is 33.6 Å². The fourth-order valence-corrected chi connectivity index (χ4v) is 3.65. The lowest BCUT2D eigenvalue weighted by atomic mass is 10.2. The van der Waals surface area contributed by atoms with Crippen molar-refractivity contribution in [2.75, 3.05) is 12.0 Å². The van der Waals surface area contributed by atoms with Crippen molar-refractivity contribution in [1.29, 1.82) is 0 Å². The topological polar surface area (TPSA) is 83.5 Å². The molecule has 0 spiro atoms. The van der Waals surface area contributed by atoms with E-state index in [0.717, 1.165) is 0 Å². The van der Waals surface area contributed by atoms with Gasteiger partial charge in [0, 0.05) is 4.47 Å². The molecule has 0 heterocycles. The van der Waals surface area contributed by atoms with Crippen molar-refractivity contribution < 1.29 is 18.3 Å². The molecule has 1 atom stereocenters. The summed E-state index contributed by atoms with van der Waals surface area (Å²) in [5.74, 6) is -0.606. The normalized spacial score (nSPS) is 13.2. The first-order valence-corrected chi connectivity index (χ1v) is 9.03. The van der Waals surface area contributed by atoms with Crippen LogP contribution >= 0.6 is 27.7 Å². The number of halogens is 1. The fourth-order valence-electron chi connectivity index (χ4n) is 1.36. The second-order valence-electron chi connectivity index (χ2n) is 3.75. The molecular weight excluding hydrogens is 354 g/mol. The smallest absolute Gasteiger partial charge is 0.321 e. The van der Waals surface area contributed by atoms with Gasteiger partial charge in [-0.15, -0.1) is 0 Å². The number of carbonyl (C=O) groups is 1. The van der Waals surface area contributed by atoms with Gasteiger partial charge in [-0.25, -0.2) is 8.42 Å². The van der Waals surface area contributed by atoms with Gasteiger partial charge in [-0.3, -0.25) is 4.79 Å². The van der Waals surface area contributed by atoms with Crippen LogP contribution in [0, 0.1) is 0 Å². The average Bonchev–Trinajstić information content (AvgIpc) is 2.34. The van der Waals surface area contributed by atoms with Crippen molar-refractivity contribution in [2.45, 2.75) is 17.4 Å². The van der Waals surface area contributed by atoms with Crippen molar-refractivity contribution in [3.63, 3.8) is 0 Å². The summed E-state index contributed by atoms with van der Waals surface area (Å²) in [7, 11) is -3.83. The number of carboxylic acids is 1. The van der Waals surface area contributed by atoms with Gasteiger partial charge in [0.1, 0.15) is 6.04 Å². The Bertz CT molecular complexity index is 547. The molecule has 106 valence electrons. The minimum atomic E-state index is -3.83. The number of aliphatic carboxylic acids is 1. The summed E-state index contributed by atoms with van der Waals surface area (Å²) in [4.78, 5) is 11.1. The van der Waals surface area contributed by atoms with E-state index in [2.05, 4.69) is 20.7 Å². The van der Waals surface area contributed by atoms with Gasteiger partial charge in [-0.2, -0.15) is 16.5 Å². The van der Waals surface area contributed by atoms with Crippen LogP contribution in [0.2, 0.25) is 0 Å². The molecule has 1 unspecified atom stereocenters. The van der Waals surface area contributed by atoms with Crippen LogP contribution in [0.25, 0.3) is 0 Å². The largest absolute Gasteiger partial charge is 0.480 e. The highest BCUT2D eigenvalue weighted by atomic mass is 79.9. The molecular formula is C11H14BrNO4S2. The van der Waals surface area contributed by atoms with Gasteiger partial charge in [0.2, 0.25) is 10.0 Å². The number of rotatable bonds is 7. The Morgan fingerprint density at radius 2 is 2.21 bits per heavy atom. The standard InChI is InChI=1S/C11H14BrNO4S2/c1-18-6-5-10(11(14)15)13-19(16,17)9-4-2-3-8(12)7-9/h2-4,7,10,13H,5-6H2,1H3,(H,14,15). The van der Waals surface area contributed by atoms with Crippen LogP contribution in [0.1, 0.15) is 6.42 Å². The van der Waals surface area contributed by atoms with Gasteiger partial charge in [-0.1, -0.05) is 22.0 Å². The van der Waals surface area contributed by atoms with Crippen LogP contribution in [0.4, 0.5) is 0 Å². The third kappa shape index (κ3) is 5.13. The molecule has 0 aliphatic carbocycles. The first-order chi connectivity index (χ1) is 8.86. The Balaban J connectivity index is 2.91. The van der Waals surface area contributed by atoms with E-state index < -0.39 is 22.0 Å². The summed E-state index contributed by atoms with van der Waals surface area (Å²) >= 11 is 4.65. The molecule has 0 radical (unpaired) electrons. The quantitative estimate of drug-likeness (QED) is 0.769. The van der Waals surface area contributed by atoms with Gasteiger partial charge in [-0.05, 0) is 36.6 Å². The summed E-state index contributed by atoms with van der Waals surface area (Å²) in [6, 6.07) is 5.00. The number of hydrogen-bond donors (Lipinski definition) is 2. The number of nitrogens with one attached hydrogen (secondary N) is 1. The van der Waals surface area contributed by atoms with Gasteiger partial charge in [0.25, 0.3) is 0 Å². The summed E-state index contributed by atoms with van der Waals surface area (Å²) in [6.07, 6.45) is 2.07. The Hall–Kier alpha value is -0.570. The zero-order valence-electron chi connectivity index (χ0n) is 10.2. The maximum absolute atomic E-state index is 12.1. The maximum Gasteiger partial charge on any atom is 0.321 e. The van der Waals surface area contributed by atoms with Gasteiger partial charge >= 0.3 is 5.97 Å². The lowest BCUT2D eigenvalue weighted by Gasteiger charge is -2.14. The first kappa shape index (κ1) is 16.5. The lowest BCUT2D eigenvalue weighted by Crippen LogP contribution is -2.41. The van der Waals surface area contributed by atoms with Crippen molar-refractivity contribution >= 4 is 43.7 Å². The van der Waals surface area contributed by atoms with Crippen molar-refractivity contribution in [3.8, 4) is 0 Å². The van der Waals surface area contributed by atoms with E-state index in [9.17, 15) is 13.2 Å². The van der Waals surface area contributed by atoms with Crippen molar-refractivity contribution in [1.82, 2.24) is 4.72 Å². The summed E-state index contributed by atoms with van der Waals surface area (Å²) in [5, 5.41) is 9.02. The number of sulfonamides is 1. The maximum atomic E-state index is 12.1. The third-order valence-electron chi connectivity index (χ3n) is 2.31. The summed E-state index contributed by atoms with van der Waals surface area (Å²) in [5.41, 5.74) is 0. The van der Waals surface area contributed by atoms with Gasteiger partial charge < -0.3 is 5.11 Å². The Morgan fingerprint density at radius 1 is 1.53 bits per heavy atom. The van der Waals surface area contributed by atoms with Crippen LogP contribution < -0.4 is 4.72 Å². The van der Waals surface area contributed by atoms with Gasteiger partial charge in [0.15, 0.2) is 0 Å². The highest BCUT2D eigenvalue weighted by Crippen LogP contribution is 2.16. The Kier molecular flexibility index (Phi) is 6.31. The van der Waals surface area contributed by atoms with E-state index in [1.54, 1.807) is 12.1 Å². The molecule has 0 bridgehead atoms. The van der Waals surface area contributed by atoms with Gasteiger partial charge in [0.05, 0.1) is 4.90 Å². The van der Waals surface area contributed by atoms with E-state index in [4.69, 9.17) is 5.11 Å². The summed E-state index contributed by atoms with van der Waals surface area (Å²) < 4.78 is 26.9. The molecule has 0 aliphatic heterocycles. The molecule has 0 aromatic heterocycles. The minimum Gasteiger partial charge on any atom is -0.480 e. The molecule has 0 fully saturated rings. The molecule has 0 amide bonds. The predicted molar refractivity (Wildman–Crippen MR) is 78.9 cm³/mol. The second-order valence-corrected chi connectivity index (χ2v) is 7.37. The Morgan fingerprint density at radius 3 is 2.74 bits per heavy atom. The van der Waals surface area contributed by atoms with E-state index in [1.165, 1.54) is 23.9 Å². The molecule has 1 rings (SSSR count). The monoisotopic (exact) mass is 367 g/mol. The number of hydrogen-bond acceptors (Lipinski definition) is 4. The molecule has 5 nitrogen and oxygen atoms in total. The van der Waals surface area contributed by atoms with Crippen molar-refractivity contribution in [2.24, 2.45) is 0 Å². The molecule has 2 N–H and O–H groups in total. The van der Waals surface area contributed by atoms with E-state index >= 15 is 0 Å². The average molecular weight is 368 g/mol.